The maximum Gasteiger partial charge on any atom is 0.248 e. The Kier molecular flexibility index (Phi) is 8.15. The molecule has 1 heterocycles. The lowest BCUT2D eigenvalue weighted by Gasteiger charge is -2.18. The fourth-order valence-electron chi connectivity index (χ4n) is 3.42. The Bertz CT molecular complexity index is 1060. The normalized spacial score (nSPS) is 11.4. The molecule has 1 aromatic heterocycles. The Morgan fingerprint density at radius 2 is 1.42 bits per heavy atom. The van der Waals surface area contributed by atoms with E-state index in [0.717, 1.165) is 36.1 Å². The van der Waals surface area contributed by atoms with E-state index in [9.17, 15) is 9.59 Å². The minimum atomic E-state index is -0.0710. The van der Waals surface area contributed by atoms with Crippen LogP contribution in [0.15, 0.2) is 52.9 Å². The molecule has 6 heteroatoms. The second-order valence-corrected chi connectivity index (χ2v) is 9.34. The summed E-state index contributed by atoms with van der Waals surface area (Å²) < 4.78 is 11.7. The highest BCUT2D eigenvalue weighted by Gasteiger charge is 2.15. The van der Waals surface area contributed by atoms with Crippen LogP contribution in [0, 0.1) is 0 Å². The van der Waals surface area contributed by atoms with Crippen LogP contribution in [0.25, 0.3) is 22.9 Å². The van der Waals surface area contributed by atoms with Crippen LogP contribution in [-0.2, 0) is 15.0 Å². The molecular weight excluding hydrogens is 416 g/mol. The van der Waals surface area contributed by atoms with Crippen LogP contribution in [0.4, 0.5) is 0 Å². The molecule has 2 aromatic carbocycles. The van der Waals surface area contributed by atoms with Crippen molar-refractivity contribution >= 4 is 11.6 Å². The number of hydrogen-bond donors (Lipinski definition) is 0. The van der Waals surface area contributed by atoms with Crippen LogP contribution in [-0.4, -0.2) is 28.4 Å². The first-order valence-corrected chi connectivity index (χ1v) is 11.4. The van der Waals surface area contributed by atoms with Crippen molar-refractivity contribution in [3.63, 3.8) is 0 Å². The smallest absolute Gasteiger partial charge is 0.248 e. The maximum absolute atomic E-state index is 11.5. The fourth-order valence-corrected chi connectivity index (χ4v) is 3.42. The van der Waals surface area contributed by atoms with Crippen LogP contribution in [0.3, 0.4) is 0 Å². The lowest BCUT2D eigenvalue weighted by Crippen LogP contribution is -2.10. The van der Waals surface area contributed by atoms with E-state index in [4.69, 9.17) is 9.15 Å². The number of ether oxygens (including phenoxy) is 1. The molecule has 0 spiro atoms. The molecule has 0 saturated carbocycles. The van der Waals surface area contributed by atoms with Crippen molar-refractivity contribution < 1.29 is 18.7 Å². The van der Waals surface area contributed by atoms with Gasteiger partial charge in [0.05, 0.1) is 13.0 Å². The number of benzene rings is 2. The summed E-state index contributed by atoms with van der Waals surface area (Å²) in [5.74, 6) is 1.67. The Balaban J connectivity index is 1.47. The number of carbonyl (C=O) groups is 2. The van der Waals surface area contributed by atoms with Gasteiger partial charge in [0.25, 0.3) is 0 Å². The summed E-state index contributed by atoms with van der Waals surface area (Å²) in [6.45, 7) is 8.57. The maximum atomic E-state index is 11.5. The summed E-state index contributed by atoms with van der Waals surface area (Å²) in [6, 6.07) is 15.8. The standard InChI is InChI=1S/C27H32N2O4/c1-19(30)18-23(31)8-6-5-7-17-32-24-15-11-21(12-16-24)26-29-28-25(33-26)20-9-13-22(14-10-20)27(2,3)4/h9-16H,5-8,17-18H2,1-4H3. The van der Waals surface area contributed by atoms with E-state index in [0.29, 0.717) is 24.8 Å². The van der Waals surface area contributed by atoms with Gasteiger partial charge >= 0.3 is 0 Å². The van der Waals surface area contributed by atoms with Crippen LogP contribution >= 0.6 is 0 Å². The number of carbonyl (C=O) groups excluding carboxylic acids is 2. The van der Waals surface area contributed by atoms with E-state index in [1.165, 1.54) is 12.5 Å². The van der Waals surface area contributed by atoms with Gasteiger partial charge in [-0.25, -0.2) is 0 Å². The highest BCUT2D eigenvalue weighted by Crippen LogP contribution is 2.28. The van der Waals surface area contributed by atoms with Crippen LogP contribution in [0.2, 0.25) is 0 Å². The van der Waals surface area contributed by atoms with Gasteiger partial charge in [-0.15, -0.1) is 10.2 Å². The van der Waals surface area contributed by atoms with Crippen LogP contribution in [0.1, 0.15) is 65.4 Å². The molecule has 0 radical (unpaired) electrons. The van der Waals surface area contributed by atoms with E-state index >= 15 is 0 Å². The Labute approximate surface area is 195 Å². The summed E-state index contributed by atoms with van der Waals surface area (Å²) in [5, 5.41) is 8.38. The van der Waals surface area contributed by atoms with Gasteiger partial charge in [0, 0.05) is 17.5 Å². The van der Waals surface area contributed by atoms with Gasteiger partial charge in [-0.05, 0) is 73.6 Å². The highest BCUT2D eigenvalue weighted by atomic mass is 16.5. The average molecular weight is 449 g/mol. The molecule has 3 aromatic rings. The minimum Gasteiger partial charge on any atom is -0.494 e. The molecule has 0 bridgehead atoms. The number of hydrogen-bond acceptors (Lipinski definition) is 6. The highest BCUT2D eigenvalue weighted by molar-refractivity contribution is 5.97. The van der Waals surface area contributed by atoms with Crippen molar-refractivity contribution in [2.45, 2.75) is 65.2 Å². The van der Waals surface area contributed by atoms with Gasteiger partial charge in [-0.2, -0.15) is 0 Å². The second kappa shape index (κ2) is 11.0. The molecule has 0 amide bonds. The van der Waals surface area contributed by atoms with Gasteiger partial charge < -0.3 is 9.15 Å². The van der Waals surface area contributed by atoms with E-state index < -0.39 is 0 Å². The van der Waals surface area contributed by atoms with Gasteiger partial charge in [0.15, 0.2) is 0 Å². The molecule has 0 N–H and O–H groups in total. The molecule has 0 aliphatic rings. The summed E-state index contributed by atoms with van der Waals surface area (Å²) in [6.07, 6.45) is 3.04. The predicted molar refractivity (Wildman–Crippen MR) is 128 cm³/mol. The van der Waals surface area contributed by atoms with Crippen molar-refractivity contribution in [2.75, 3.05) is 6.61 Å². The molecule has 6 nitrogen and oxygen atoms in total. The Morgan fingerprint density at radius 3 is 1.97 bits per heavy atom. The van der Waals surface area contributed by atoms with E-state index in [1.807, 2.05) is 36.4 Å². The predicted octanol–water partition coefficient (Wildman–Crippen LogP) is 6.19. The zero-order valence-corrected chi connectivity index (χ0v) is 19.9. The molecule has 174 valence electrons. The lowest BCUT2D eigenvalue weighted by molar-refractivity contribution is -0.125. The number of rotatable bonds is 11. The monoisotopic (exact) mass is 448 g/mol. The second-order valence-electron chi connectivity index (χ2n) is 9.34. The molecule has 0 aliphatic heterocycles. The average Bonchev–Trinajstić information content (AvgIpc) is 3.26. The molecular formula is C27H32N2O4. The van der Waals surface area contributed by atoms with Crippen LogP contribution in [0.5, 0.6) is 5.75 Å². The van der Waals surface area contributed by atoms with Gasteiger partial charge in [-0.3, -0.25) is 9.59 Å². The molecule has 0 atom stereocenters. The Morgan fingerprint density at radius 1 is 0.848 bits per heavy atom. The summed E-state index contributed by atoms with van der Waals surface area (Å²) in [5.41, 5.74) is 3.07. The third-order valence-corrected chi connectivity index (χ3v) is 5.34. The number of nitrogens with zero attached hydrogens (tertiary/aromatic N) is 2. The summed E-state index contributed by atoms with van der Waals surface area (Å²) in [4.78, 5) is 22.4. The van der Waals surface area contributed by atoms with Crippen molar-refractivity contribution in [1.29, 1.82) is 0 Å². The number of Topliss-reactive ketones (excluding diaryl/α,β-unsaturated/α-hetero) is 2. The first-order valence-electron chi connectivity index (χ1n) is 11.4. The molecule has 0 saturated heterocycles. The van der Waals surface area contributed by atoms with Crippen molar-refractivity contribution in [3.8, 4) is 28.7 Å². The lowest BCUT2D eigenvalue weighted by atomic mass is 9.87. The van der Waals surface area contributed by atoms with E-state index in [2.05, 4.69) is 43.1 Å². The first-order chi connectivity index (χ1) is 15.7. The molecule has 0 unspecified atom stereocenters. The van der Waals surface area contributed by atoms with Crippen molar-refractivity contribution in [2.24, 2.45) is 0 Å². The SMILES string of the molecule is CC(=O)CC(=O)CCCCCOc1ccc(-c2nnc(-c3ccc(C(C)(C)C)cc3)o2)cc1. The van der Waals surface area contributed by atoms with Gasteiger partial charge in [-0.1, -0.05) is 32.9 Å². The quantitative estimate of drug-likeness (QED) is 0.257. The molecule has 0 fully saturated rings. The molecule has 33 heavy (non-hydrogen) atoms. The van der Waals surface area contributed by atoms with Gasteiger partial charge in [0.1, 0.15) is 17.3 Å². The molecule has 3 rings (SSSR count). The van der Waals surface area contributed by atoms with Crippen molar-refractivity contribution in [3.05, 3.63) is 54.1 Å². The minimum absolute atomic E-state index is 0.0186. The summed E-state index contributed by atoms with van der Waals surface area (Å²) in [7, 11) is 0. The topological polar surface area (TPSA) is 82.3 Å². The molecule has 0 aliphatic carbocycles. The Hall–Kier alpha value is -3.28. The largest absolute Gasteiger partial charge is 0.494 e. The number of aromatic nitrogens is 2. The first kappa shape index (κ1) is 24.4. The fraction of sp³-hybridized carbons (Fsp3) is 0.407. The number of ketones is 2. The third-order valence-electron chi connectivity index (χ3n) is 5.34. The summed E-state index contributed by atoms with van der Waals surface area (Å²) >= 11 is 0. The zero-order valence-electron chi connectivity index (χ0n) is 19.9. The van der Waals surface area contributed by atoms with E-state index in [-0.39, 0.29) is 23.4 Å². The number of unbranched alkanes of at least 4 members (excludes halogenated alkanes) is 2. The zero-order chi connectivity index (χ0) is 23.8. The van der Waals surface area contributed by atoms with Crippen molar-refractivity contribution in [1.82, 2.24) is 10.2 Å². The van der Waals surface area contributed by atoms with E-state index in [1.54, 1.807) is 0 Å². The van der Waals surface area contributed by atoms with Crippen LogP contribution < -0.4 is 4.74 Å². The van der Waals surface area contributed by atoms with Gasteiger partial charge in [0.2, 0.25) is 11.8 Å². The third kappa shape index (κ3) is 7.38.